The minimum atomic E-state index is 0.0672. The Morgan fingerprint density at radius 1 is 1.43 bits per heavy atom. The number of carbonyl (C=O) groups excluding carboxylic acids is 1. The molecule has 0 aromatic carbocycles. The largest absolute Gasteiger partial charge is 0.381 e. The molecule has 1 aromatic heterocycles. The molecule has 0 spiro atoms. The molecular formula is C16H27N5O2. The SMILES string of the molecule is CNC(=O)C[C@@H]1CN(Cc2cnc(N(C)C)nc2)CC[C@H]1OC. The maximum absolute atomic E-state index is 11.7. The van der Waals surface area contributed by atoms with Crippen LogP contribution in [0.1, 0.15) is 18.4 Å². The van der Waals surface area contributed by atoms with Gasteiger partial charge in [0.1, 0.15) is 0 Å². The van der Waals surface area contributed by atoms with Crippen LogP contribution >= 0.6 is 0 Å². The summed E-state index contributed by atoms with van der Waals surface area (Å²) in [6.45, 7) is 2.61. The quantitative estimate of drug-likeness (QED) is 0.823. The minimum Gasteiger partial charge on any atom is -0.381 e. The lowest BCUT2D eigenvalue weighted by Gasteiger charge is -2.37. The topological polar surface area (TPSA) is 70.6 Å². The van der Waals surface area contributed by atoms with Gasteiger partial charge in [0.05, 0.1) is 6.10 Å². The average Bonchev–Trinajstić information content (AvgIpc) is 2.55. The van der Waals surface area contributed by atoms with E-state index in [9.17, 15) is 4.79 Å². The summed E-state index contributed by atoms with van der Waals surface area (Å²) in [5.41, 5.74) is 1.09. The van der Waals surface area contributed by atoms with Crippen LogP contribution in [-0.2, 0) is 16.1 Å². The van der Waals surface area contributed by atoms with Gasteiger partial charge < -0.3 is 15.0 Å². The van der Waals surface area contributed by atoms with Crippen molar-refractivity contribution in [2.24, 2.45) is 5.92 Å². The number of nitrogens with zero attached hydrogens (tertiary/aromatic N) is 4. The first kappa shape index (κ1) is 17.6. The van der Waals surface area contributed by atoms with E-state index in [0.29, 0.717) is 12.4 Å². The molecule has 7 nitrogen and oxygen atoms in total. The Bertz CT molecular complexity index is 506. The van der Waals surface area contributed by atoms with E-state index in [-0.39, 0.29) is 17.9 Å². The van der Waals surface area contributed by atoms with Gasteiger partial charge in [0.25, 0.3) is 0 Å². The number of carbonyl (C=O) groups is 1. The Hall–Kier alpha value is -1.73. The van der Waals surface area contributed by atoms with Crippen molar-refractivity contribution in [3.05, 3.63) is 18.0 Å². The maximum Gasteiger partial charge on any atom is 0.224 e. The van der Waals surface area contributed by atoms with Crippen LogP contribution in [0.3, 0.4) is 0 Å². The second kappa shape index (κ2) is 8.21. The van der Waals surface area contributed by atoms with E-state index in [0.717, 1.165) is 31.6 Å². The number of piperidine rings is 1. The third-order valence-electron chi connectivity index (χ3n) is 4.28. The molecule has 23 heavy (non-hydrogen) atoms. The van der Waals surface area contributed by atoms with Crippen LogP contribution in [0.4, 0.5) is 5.95 Å². The lowest BCUT2D eigenvalue weighted by molar-refractivity contribution is -0.123. The van der Waals surface area contributed by atoms with Crippen LogP contribution in [0.5, 0.6) is 0 Å². The molecule has 1 saturated heterocycles. The Kier molecular flexibility index (Phi) is 6.29. The third kappa shape index (κ3) is 4.87. The highest BCUT2D eigenvalue weighted by molar-refractivity contribution is 5.75. The smallest absolute Gasteiger partial charge is 0.224 e. The molecule has 2 atom stereocenters. The molecule has 1 fully saturated rings. The van der Waals surface area contributed by atoms with Crippen molar-refractivity contribution in [1.29, 1.82) is 0 Å². The second-order valence-corrected chi connectivity index (χ2v) is 6.22. The van der Waals surface area contributed by atoms with Crippen molar-refractivity contribution in [2.45, 2.75) is 25.5 Å². The molecule has 0 saturated carbocycles. The number of hydrogen-bond acceptors (Lipinski definition) is 6. The highest BCUT2D eigenvalue weighted by atomic mass is 16.5. The first-order valence-corrected chi connectivity index (χ1v) is 7.97. The monoisotopic (exact) mass is 321 g/mol. The van der Waals surface area contributed by atoms with Gasteiger partial charge in [-0.25, -0.2) is 9.97 Å². The predicted octanol–water partition coefficient (Wildman–Crippen LogP) is 0.516. The molecule has 2 rings (SSSR count). The molecular weight excluding hydrogens is 294 g/mol. The summed E-state index contributed by atoms with van der Waals surface area (Å²) in [6, 6.07) is 0. The summed E-state index contributed by atoms with van der Waals surface area (Å²) in [5.74, 6) is 0.998. The maximum atomic E-state index is 11.7. The number of ether oxygens (including phenoxy) is 1. The molecule has 2 heterocycles. The van der Waals surface area contributed by atoms with Crippen LogP contribution in [0.25, 0.3) is 0 Å². The summed E-state index contributed by atoms with van der Waals surface area (Å²) in [7, 11) is 7.25. The van der Waals surface area contributed by atoms with Crippen LogP contribution in [0.2, 0.25) is 0 Å². The molecule has 0 radical (unpaired) electrons. The minimum absolute atomic E-state index is 0.0672. The predicted molar refractivity (Wildman–Crippen MR) is 89.2 cm³/mol. The highest BCUT2D eigenvalue weighted by Crippen LogP contribution is 2.24. The number of hydrogen-bond donors (Lipinski definition) is 1. The second-order valence-electron chi connectivity index (χ2n) is 6.22. The lowest BCUT2D eigenvalue weighted by atomic mass is 9.91. The number of methoxy groups -OCH3 is 1. The van der Waals surface area contributed by atoms with E-state index in [1.165, 1.54) is 0 Å². The molecule has 0 unspecified atom stereocenters. The van der Waals surface area contributed by atoms with Crippen LogP contribution in [-0.4, -0.2) is 68.2 Å². The zero-order chi connectivity index (χ0) is 16.8. The van der Waals surface area contributed by atoms with Crippen molar-refractivity contribution in [3.8, 4) is 0 Å². The molecule has 0 bridgehead atoms. The fourth-order valence-electron chi connectivity index (χ4n) is 2.99. The van der Waals surface area contributed by atoms with Gasteiger partial charge in [-0.1, -0.05) is 0 Å². The number of aromatic nitrogens is 2. The Morgan fingerprint density at radius 3 is 2.70 bits per heavy atom. The first-order valence-electron chi connectivity index (χ1n) is 7.97. The molecule has 0 aliphatic carbocycles. The molecule has 1 aliphatic rings. The van der Waals surface area contributed by atoms with Crippen molar-refractivity contribution in [2.75, 3.05) is 46.2 Å². The molecule has 1 amide bonds. The lowest BCUT2D eigenvalue weighted by Crippen LogP contribution is -2.45. The molecule has 1 aromatic rings. The fraction of sp³-hybridized carbons (Fsp3) is 0.688. The number of likely N-dealkylation sites (tertiary alicyclic amines) is 1. The van der Waals surface area contributed by atoms with Crippen molar-refractivity contribution in [3.63, 3.8) is 0 Å². The van der Waals surface area contributed by atoms with Gasteiger partial charge in [-0.3, -0.25) is 9.69 Å². The summed E-state index contributed by atoms with van der Waals surface area (Å²) in [6.07, 6.45) is 5.34. The number of nitrogens with one attached hydrogen (secondary N) is 1. The molecule has 7 heteroatoms. The van der Waals surface area contributed by atoms with Gasteiger partial charge in [-0.15, -0.1) is 0 Å². The van der Waals surface area contributed by atoms with Crippen molar-refractivity contribution in [1.82, 2.24) is 20.2 Å². The first-order chi connectivity index (χ1) is 11.0. The summed E-state index contributed by atoms with van der Waals surface area (Å²) in [4.78, 5) is 24.6. The Balaban J connectivity index is 1.96. The van der Waals surface area contributed by atoms with E-state index >= 15 is 0 Å². The normalized spacial score (nSPS) is 21.9. The van der Waals surface area contributed by atoms with Gasteiger partial charge in [-0.2, -0.15) is 0 Å². The number of anilines is 1. The fourth-order valence-corrected chi connectivity index (χ4v) is 2.99. The van der Waals surface area contributed by atoms with Crippen LogP contribution in [0, 0.1) is 5.92 Å². The number of rotatable bonds is 6. The molecule has 1 aliphatic heterocycles. The van der Waals surface area contributed by atoms with Gasteiger partial charge >= 0.3 is 0 Å². The van der Waals surface area contributed by atoms with Gasteiger partial charge in [-0.05, 0) is 6.42 Å². The van der Waals surface area contributed by atoms with Gasteiger partial charge in [0.2, 0.25) is 11.9 Å². The number of amides is 1. The standard InChI is InChI=1S/C16H27N5O2/c1-17-15(22)7-13-11-21(6-5-14(13)23-4)10-12-8-18-16(19-9-12)20(2)3/h8-9,13-14H,5-7,10-11H2,1-4H3,(H,17,22)/t13-,14-/m1/s1. The van der Waals surface area contributed by atoms with E-state index in [2.05, 4.69) is 20.2 Å². The zero-order valence-electron chi connectivity index (χ0n) is 14.5. The van der Waals surface area contributed by atoms with Crippen LogP contribution < -0.4 is 10.2 Å². The molecule has 128 valence electrons. The third-order valence-corrected chi connectivity index (χ3v) is 4.28. The van der Waals surface area contributed by atoms with E-state index in [1.54, 1.807) is 14.2 Å². The zero-order valence-corrected chi connectivity index (χ0v) is 14.5. The Labute approximate surface area is 138 Å². The average molecular weight is 321 g/mol. The van der Waals surface area contributed by atoms with Crippen molar-refractivity contribution < 1.29 is 9.53 Å². The van der Waals surface area contributed by atoms with Gasteiger partial charge in [0, 0.05) is 78.2 Å². The van der Waals surface area contributed by atoms with Crippen molar-refractivity contribution >= 4 is 11.9 Å². The van der Waals surface area contributed by atoms with E-state index in [1.807, 2.05) is 31.4 Å². The highest BCUT2D eigenvalue weighted by Gasteiger charge is 2.30. The van der Waals surface area contributed by atoms with Crippen LogP contribution in [0.15, 0.2) is 12.4 Å². The summed E-state index contributed by atoms with van der Waals surface area (Å²) < 4.78 is 5.55. The van der Waals surface area contributed by atoms with Gasteiger partial charge in [0.15, 0.2) is 0 Å². The molecule has 1 N–H and O–H groups in total. The summed E-state index contributed by atoms with van der Waals surface area (Å²) >= 11 is 0. The Morgan fingerprint density at radius 2 is 2.13 bits per heavy atom. The summed E-state index contributed by atoms with van der Waals surface area (Å²) in [5, 5.41) is 2.70. The van der Waals surface area contributed by atoms with E-state index < -0.39 is 0 Å². The van der Waals surface area contributed by atoms with E-state index in [4.69, 9.17) is 4.74 Å².